The lowest BCUT2D eigenvalue weighted by Gasteiger charge is -2.31. The third kappa shape index (κ3) is 4.94. The molecule has 0 spiro atoms. The maximum absolute atomic E-state index is 14.0. The molecular formula is C31H34N2O6. The minimum Gasteiger partial charge on any atom is -0.496 e. The van der Waals surface area contributed by atoms with Gasteiger partial charge < -0.3 is 34.3 Å². The summed E-state index contributed by atoms with van der Waals surface area (Å²) >= 11 is 0. The molecule has 1 heterocycles. The van der Waals surface area contributed by atoms with E-state index in [4.69, 9.17) is 23.7 Å². The van der Waals surface area contributed by atoms with Crippen molar-refractivity contribution in [2.45, 2.75) is 31.7 Å². The van der Waals surface area contributed by atoms with Gasteiger partial charge in [-0.3, -0.25) is 4.79 Å². The van der Waals surface area contributed by atoms with Gasteiger partial charge >= 0.3 is 0 Å². The largest absolute Gasteiger partial charge is 0.496 e. The monoisotopic (exact) mass is 530 g/mol. The number of para-hydroxylation sites is 2. The quantitative estimate of drug-likeness (QED) is 0.361. The molecule has 39 heavy (non-hydrogen) atoms. The Morgan fingerprint density at radius 1 is 0.769 bits per heavy atom. The molecule has 0 saturated carbocycles. The highest BCUT2D eigenvalue weighted by Crippen LogP contribution is 2.48. The molecule has 3 aromatic carbocycles. The highest BCUT2D eigenvalue weighted by Gasteiger charge is 2.37. The Hall–Kier alpha value is -4.33. The summed E-state index contributed by atoms with van der Waals surface area (Å²) in [7, 11) is 6.42. The van der Waals surface area contributed by atoms with Gasteiger partial charge in [0.2, 0.25) is 0 Å². The van der Waals surface area contributed by atoms with E-state index in [-0.39, 0.29) is 11.7 Å². The number of methoxy groups -OCH3 is 4. The van der Waals surface area contributed by atoms with E-state index in [1.165, 1.54) is 0 Å². The number of ether oxygens (including phenoxy) is 5. The van der Waals surface area contributed by atoms with Crippen LogP contribution in [0.3, 0.4) is 0 Å². The van der Waals surface area contributed by atoms with Gasteiger partial charge in [-0.05, 0) is 55.2 Å². The van der Waals surface area contributed by atoms with Gasteiger partial charge in [-0.2, -0.15) is 0 Å². The second-order valence-corrected chi connectivity index (χ2v) is 9.46. The Balaban J connectivity index is 1.62. The summed E-state index contributed by atoms with van der Waals surface area (Å²) in [5.74, 6) is 3.11. The first-order valence-corrected chi connectivity index (χ1v) is 13.0. The summed E-state index contributed by atoms with van der Waals surface area (Å²) < 4.78 is 28.2. The maximum atomic E-state index is 14.0. The van der Waals surface area contributed by atoms with Crippen LogP contribution >= 0.6 is 0 Å². The molecule has 2 aliphatic rings. The van der Waals surface area contributed by atoms with Crippen molar-refractivity contribution in [2.75, 3.05) is 45.7 Å². The SMILES string of the molecule is CCOc1ccc([C@@H]2CC(=O)C3=C(C2)Nc2ccccc2N[C@H]3c2cc(OC)c(OC)cc2OC)cc1OC. The van der Waals surface area contributed by atoms with E-state index in [2.05, 4.69) is 10.6 Å². The molecule has 0 saturated heterocycles. The molecule has 0 radical (unpaired) electrons. The zero-order valence-electron chi connectivity index (χ0n) is 22.9. The number of hydrogen-bond acceptors (Lipinski definition) is 8. The first-order valence-electron chi connectivity index (χ1n) is 13.0. The summed E-state index contributed by atoms with van der Waals surface area (Å²) in [6, 6.07) is 17.1. The number of Topliss-reactive ketones (excluding diaryl/α,β-unsaturated/α-hetero) is 1. The zero-order chi connectivity index (χ0) is 27.5. The predicted molar refractivity (Wildman–Crippen MR) is 151 cm³/mol. The van der Waals surface area contributed by atoms with Gasteiger partial charge in [0.25, 0.3) is 0 Å². The molecule has 2 N–H and O–H groups in total. The number of fused-ring (bicyclic) bond motifs is 1. The van der Waals surface area contributed by atoms with Gasteiger partial charge in [-0.25, -0.2) is 0 Å². The minimum atomic E-state index is -0.464. The van der Waals surface area contributed by atoms with E-state index in [0.717, 1.165) is 28.2 Å². The van der Waals surface area contributed by atoms with Gasteiger partial charge in [0.05, 0.1) is 52.5 Å². The highest BCUT2D eigenvalue weighted by atomic mass is 16.5. The van der Waals surface area contributed by atoms with E-state index in [1.54, 1.807) is 34.5 Å². The molecule has 2 atom stereocenters. The number of rotatable bonds is 8. The second-order valence-electron chi connectivity index (χ2n) is 9.46. The molecule has 204 valence electrons. The van der Waals surface area contributed by atoms with Crippen LogP contribution in [0.15, 0.2) is 65.9 Å². The predicted octanol–water partition coefficient (Wildman–Crippen LogP) is 6.10. The second kappa shape index (κ2) is 11.2. The standard InChI is InChI=1S/C31H34N2O6/c1-6-39-25-12-11-18(15-27(25)36-3)19-13-23-30(24(34)14-19)31(33-22-10-8-7-9-21(22)32-23)20-16-28(37-4)29(38-5)17-26(20)35-2/h7-12,15-17,19,31-33H,6,13-14H2,1-5H3/t19-,31-/m0/s1. The third-order valence-corrected chi connectivity index (χ3v) is 7.31. The number of benzene rings is 3. The molecule has 0 amide bonds. The smallest absolute Gasteiger partial charge is 0.164 e. The van der Waals surface area contributed by atoms with Crippen LogP contribution in [-0.4, -0.2) is 40.8 Å². The molecule has 3 aromatic rings. The van der Waals surface area contributed by atoms with Crippen LogP contribution in [0.4, 0.5) is 11.4 Å². The summed E-state index contributed by atoms with van der Waals surface area (Å²) in [6.07, 6.45) is 1.02. The molecule has 1 aliphatic heterocycles. The number of carbonyl (C=O) groups is 1. The van der Waals surface area contributed by atoms with E-state index in [0.29, 0.717) is 53.8 Å². The summed E-state index contributed by atoms with van der Waals surface area (Å²) in [5.41, 5.74) is 5.18. The lowest BCUT2D eigenvalue weighted by molar-refractivity contribution is -0.116. The molecular weight excluding hydrogens is 496 g/mol. The van der Waals surface area contributed by atoms with Crippen LogP contribution in [0.2, 0.25) is 0 Å². The van der Waals surface area contributed by atoms with E-state index in [1.807, 2.05) is 55.5 Å². The van der Waals surface area contributed by atoms with Crippen molar-refractivity contribution in [1.82, 2.24) is 0 Å². The Bertz CT molecular complexity index is 1420. The van der Waals surface area contributed by atoms with Crippen LogP contribution in [-0.2, 0) is 4.79 Å². The van der Waals surface area contributed by atoms with Gasteiger partial charge in [-0.15, -0.1) is 0 Å². The Morgan fingerprint density at radius 3 is 2.13 bits per heavy atom. The summed E-state index contributed by atoms with van der Waals surface area (Å²) in [6.45, 7) is 2.49. The van der Waals surface area contributed by atoms with Gasteiger partial charge in [-0.1, -0.05) is 18.2 Å². The van der Waals surface area contributed by atoms with Crippen molar-refractivity contribution in [1.29, 1.82) is 0 Å². The fourth-order valence-corrected chi connectivity index (χ4v) is 5.45. The number of allylic oxidation sites excluding steroid dienone is 1. The molecule has 8 heteroatoms. The first kappa shape index (κ1) is 26.3. The molecule has 5 rings (SSSR count). The van der Waals surface area contributed by atoms with Gasteiger partial charge in [0, 0.05) is 29.3 Å². The average Bonchev–Trinajstić information content (AvgIpc) is 3.13. The number of nitrogens with one attached hydrogen (secondary N) is 2. The average molecular weight is 531 g/mol. The minimum absolute atomic E-state index is 0.0217. The fraction of sp³-hybridized carbons (Fsp3) is 0.323. The number of carbonyl (C=O) groups excluding carboxylic acids is 1. The highest BCUT2D eigenvalue weighted by molar-refractivity contribution is 6.01. The first-order chi connectivity index (χ1) is 19.0. The van der Waals surface area contributed by atoms with Crippen LogP contribution < -0.4 is 34.3 Å². The summed E-state index contributed by atoms with van der Waals surface area (Å²) in [5, 5.41) is 7.19. The van der Waals surface area contributed by atoms with Crippen molar-refractivity contribution in [3.05, 3.63) is 77.0 Å². The number of anilines is 2. The maximum Gasteiger partial charge on any atom is 0.164 e. The van der Waals surface area contributed by atoms with Crippen molar-refractivity contribution >= 4 is 17.2 Å². The fourth-order valence-electron chi connectivity index (χ4n) is 5.45. The Morgan fingerprint density at radius 2 is 1.44 bits per heavy atom. The van der Waals surface area contributed by atoms with E-state index in [9.17, 15) is 4.79 Å². The van der Waals surface area contributed by atoms with Crippen LogP contribution in [0.25, 0.3) is 0 Å². The molecule has 0 aromatic heterocycles. The third-order valence-electron chi connectivity index (χ3n) is 7.31. The Labute approximate surface area is 228 Å². The van der Waals surface area contributed by atoms with Gasteiger partial charge in [0.15, 0.2) is 28.8 Å². The van der Waals surface area contributed by atoms with Gasteiger partial charge in [0.1, 0.15) is 5.75 Å². The Kier molecular flexibility index (Phi) is 7.54. The molecule has 0 fully saturated rings. The zero-order valence-corrected chi connectivity index (χ0v) is 22.9. The van der Waals surface area contributed by atoms with E-state index < -0.39 is 6.04 Å². The van der Waals surface area contributed by atoms with Crippen molar-refractivity contribution in [3.63, 3.8) is 0 Å². The number of hydrogen-bond donors (Lipinski definition) is 2. The molecule has 1 aliphatic carbocycles. The van der Waals surface area contributed by atoms with Crippen LogP contribution in [0.5, 0.6) is 28.7 Å². The normalized spacial score (nSPS) is 18.1. The van der Waals surface area contributed by atoms with E-state index >= 15 is 0 Å². The van der Waals surface area contributed by atoms with Crippen molar-refractivity contribution < 1.29 is 28.5 Å². The van der Waals surface area contributed by atoms with Crippen LogP contribution in [0, 0.1) is 0 Å². The lowest BCUT2D eigenvalue weighted by Crippen LogP contribution is -2.27. The van der Waals surface area contributed by atoms with Crippen molar-refractivity contribution in [2.24, 2.45) is 0 Å². The molecule has 0 bridgehead atoms. The topological polar surface area (TPSA) is 87.3 Å². The molecule has 0 unspecified atom stereocenters. The lowest BCUT2D eigenvalue weighted by atomic mass is 9.78. The summed E-state index contributed by atoms with van der Waals surface area (Å²) in [4.78, 5) is 14.0. The van der Waals surface area contributed by atoms with Crippen LogP contribution in [0.1, 0.15) is 42.9 Å². The number of ketones is 1. The molecule has 8 nitrogen and oxygen atoms in total. The van der Waals surface area contributed by atoms with Crippen molar-refractivity contribution in [3.8, 4) is 28.7 Å².